The average Bonchev–Trinajstić information content (AvgIpc) is 2.87. The normalized spacial score (nSPS) is 15.4. The highest BCUT2D eigenvalue weighted by Gasteiger charge is 2.14. The van der Waals surface area contributed by atoms with Crippen molar-refractivity contribution in [3.05, 3.63) is 52.3 Å². The maximum absolute atomic E-state index is 12.5. The number of halogens is 2. The van der Waals surface area contributed by atoms with Crippen LogP contribution in [0.15, 0.2) is 36.7 Å². The van der Waals surface area contributed by atoms with E-state index >= 15 is 0 Å². The molecule has 1 aromatic carbocycles. The number of amides is 1. The fourth-order valence-electron chi connectivity index (χ4n) is 3.09. The van der Waals surface area contributed by atoms with Gasteiger partial charge in [0.2, 0.25) is 0 Å². The number of pyridine rings is 1. The molecule has 2 N–H and O–H groups in total. The van der Waals surface area contributed by atoms with E-state index in [-0.39, 0.29) is 5.91 Å². The molecule has 2 aromatic rings. The lowest BCUT2D eigenvalue weighted by atomic mass is 10.1. The molecule has 1 fully saturated rings. The van der Waals surface area contributed by atoms with Crippen molar-refractivity contribution >= 4 is 40.5 Å². The van der Waals surface area contributed by atoms with Crippen LogP contribution >= 0.6 is 23.2 Å². The van der Waals surface area contributed by atoms with Gasteiger partial charge < -0.3 is 10.6 Å². The van der Waals surface area contributed by atoms with Crippen molar-refractivity contribution in [2.24, 2.45) is 0 Å². The Kier molecular flexibility index (Phi) is 6.16. The summed E-state index contributed by atoms with van der Waals surface area (Å²) >= 11 is 12.1. The number of anilines is 2. The summed E-state index contributed by atoms with van der Waals surface area (Å²) in [6, 6.07) is 7.24. The zero-order valence-electron chi connectivity index (χ0n) is 13.9. The van der Waals surface area contributed by atoms with Crippen LogP contribution in [0.2, 0.25) is 10.0 Å². The van der Waals surface area contributed by atoms with Crippen LogP contribution in [0.4, 0.5) is 11.4 Å². The molecule has 132 valence electrons. The minimum absolute atomic E-state index is 0.263. The summed E-state index contributed by atoms with van der Waals surface area (Å²) in [5.74, 6) is -0.263. The topological polar surface area (TPSA) is 54.0 Å². The highest BCUT2D eigenvalue weighted by atomic mass is 35.5. The van der Waals surface area contributed by atoms with E-state index in [0.717, 1.165) is 18.5 Å². The largest absolute Gasteiger partial charge is 0.381 e. The van der Waals surface area contributed by atoms with Gasteiger partial charge in [0.25, 0.3) is 5.91 Å². The fraction of sp³-hybridized carbons (Fsp3) is 0.368. The Morgan fingerprint density at radius 1 is 1.04 bits per heavy atom. The lowest BCUT2D eigenvalue weighted by molar-refractivity contribution is 0.102. The van der Waals surface area contributed by atoms with Crippen LogP contribution in [0.5, 0.6) is 0 Å². The van der Waals surface area contributed by atoms with Crippen molar-refractivity contribution in [1.82, 2.24) is 4.98 Å². The monoisotopic (exact) mass is 377 g/mol. The smallest absolute Gasteiger partial charge is 0.257 e. The second kappa shape index (κ2) is 8.54. The van der Waals surface area contributed by atoms with E-state index in [4.69, 9.17) is 23.2 Å². The van der Waals surface area contributed by atoms with Crippen LogP contribution in [0, 0.1) is 0 Å². The third kappa shape index (κ3) is 5.10. The third-order valence-corrected chi connectivity index (χ3v) is 4.97. The highest BCUT2D eigenvalue weighted by molar-refractivity contribution is 6.35. The van der Waals surface area contributed by atoms with E-state index in [2.05, 4.69) is 15.6 Å². The molecule has 1 aliphatic carbocycles. The second-order valence-electron chi connectivity index (χ2n) is 6.37. The molecule has 0 unspecified atom stereocenters. The van der Waals surface area contributed by atoms with E-state index < -0.39 is 0 Å². The Labute approximate surface area is 157 Å². The highest BCUT2D eigenvalue weighted by Crippen LogP contribution is 2.26. The Hall–Kier alpha value is -1.78. The molecule has 25 heavy (non-hydrogen) atoms. The number of nitrogens with zero attached hydrogens (tertiary/aromatic N) is 1. The van der Waals surface area contributed by atoms with Crippen LogP contribution in [-0.4, -0.2) is 16.9 Å². The molecule has 4 nitrogen and oxygen atoms in total. The number of nitrogens with one attached hydrogen (secondary N) is 2. The zero-order chi connectivity index (χ0) is 17.6. The fourth-order valence-corrected chi connectivity index (χ4v) is 3.43. The first-order valence-corrected chi connectivity index (χ1v) is 9.35. The van der Waals surface area contributed by atoms with Gasteiger partial charge in [-0.05, 0) is 37.1 Å². The number of hydrogen-bond acceptors (Lipinski definition) is 3. The molecular weight excluding hydrogens is 357 g/mol. The summed E-state index contributed by atoms with van der Waals surface area (Å²) < 4.78 is 0. The molecule has 1 heterocycles. The van der Waals surface area contributed by atoms with E-state index in [1.165, 1.54) is 25.7 Å². The predicted molar refractivity (Wildman–Crippen MR) is 104 cm³/mol. The predicted octanol–water partition coefficient (Wildman–Crippen LogP) is 5.78. The number of benzene rings is 1. The molecular formula is C19H21Cl2N3O. The van der Waals surface area contributed by atoms with Gasteiger partial charge in [-0.2, -0.15) is 0 Å². The van der Waals surface area contributed by atoms with E-state index in [9.17, 15) is 4.79 Å². The average molecular weight is 378 g/mol. The van der Waals surface area contributed by atoms with Gasteiger partial charge in [-0.15, -0.1) is 0 Å². The number of hydrogen-bond donors (Lipinski definition) is 2. The van der Waals surface area contributed by atoms with Crippen molar-refractivity contribution in [2.75, 3.05) is 10.6 Å². The maximum Gasteiger partial charge on any atom is 0.257 e. The molecule has 1 aromatic heterocycles. The van der Waals surface area contributed by atoms with Crippen molar-refractivity contribution in [2.45, 2.75) is 44.6 Å². The molecule has 1 saturated carbocycles. The summed E-state index contributed by atoms with van der Waals surface area (Å²) in [5, 5.41) is 7.25. The van der Waals surface area contributed by atoms with E-state index in [1.54, 1.807) is 30.6 Å². The van der Waals surface area contributed by atoms with Crippen LogP contribution in [0.25, 0.3) is 0 Å². The maximum atomic E-state index is 12.5. The summed E-state index contributed by atoms with van der Waals surface area (Å²) in [6.45, 7) is 0. The van der Waals surface area contributed by atoms with Crippen LogP contribution < -0.4 is 10.6 Å². The van der Waals surface area contributed by atoms with Gasteiger partial charge >= 0.3 is 0 Å². The molecule has 0 atom stereocenters. The van der Waals surface area contributed by atoms with Crippen molar-refractivity contribution in [3.8, 4) is 0 Å². The Morgan fingerprint density at radius 3 is 2.56 bits per heavy atom. The molecule has 0 saturated heterocycles. The Balaban J connectivity index is 1.69. The van der Waals surface area contributed by atoms with Crippen LogP contribution in [0.3, 0.4) is 0 Å². The zero-order valence-corrected chi connectivity index (χ0v) is 15.4. The van der Waals surface area contributed by atoms with E-state index in [0.29, 0.717) is 27.3 Å². The molecule has 1 amide bonds. The van der Waals surface area contributed by atoms with Gasteiger partial charge in [0, 0.05) is 23.5 Å². The van der Waals surface area contributed by atoms with Gasteiger partial charge in [-0.3, -0.25) is 9.78 Å². The summed E-state index contributed by atoms with van der Waals surface area (Å²) in [7, 11) is 0. The lowest BCUT2D eigenvalue weighted by Crippen LogP contribution is -2.19. The van der Waals surface area contributed by atoms with Crippen LogP contribution in [-0.2, 0) is 0 Å². The molecule has 6 heteroatoms. The molecule has 0 aliphatic heterocycles. The minimum atomic E-state index is -0.263. The van der Waals surface area contributed by atoms with Crippen LogP contribution in [0.1, 0.15) is 48.9 Å². The van der Waals surface area contributed by atoms with Crippen molar-refractivity contribution < 1.29 is 4.79 Å². The molecule has 0 spiro atoms. The third-order valence-electron chi connectivity index (χ3n) is 4.40. The summed E-state index contributed by atoms with van der Waals surface area (Å²) in [6.07, 6.45) is 10.7. The van der Waals surface area contributed by atoms with Gasteiger partial charge in [0.1, 0.15) is 0 Å². The first-order valence-electron chi connectivity index (χ1n) is 8.60. The SMILES string of the molecule is O=C(Nc1cc(Cl)ccc1Cl)c1cncc(NC2CCCCCC2)c1. The van der Waals surface area contributed by atoms with Crippen molar-refractivity contribution in [1.29, 1.82) is 0 Å². The first-order chi connectivity index (χ1) is 12.1. The molecule has 3 rings (SSSR count). The number of rotatable bonds is 4. The molecule has 1 aliphatic rings. The van der Waals surface area contributed by atoms with Gasteiger partial charge in [0.15, 0.2) is 0 Å². The van der Waals surface area contributed by atoms with E-state index in [1.807, 2.05) is 6.07 Å². The van der Waals surface area contributed by atoms with Gasteiger partial charge in [-0.25, -0.2) is 0 Å². The van der Waals surface area contributed by atoms with Crippen molar-refractivity contribution in [3.63, 3.8) is 0 Å². The number of carbonyl (C=O) groups excluding carboxylic acids is 1. The minimum Gasteiger partial charge on any atom is -0.381 e. The summed E-state index contributed by atoms with van der Waals surface area (Å²) in [5.41, 5.74) is 1.84. The van der Waals surface area contributed by atoms with Gasteiger partial charge in [-0.1, -0.05) is 48.9 Å². The molecule has 0 radical (unpaired) electrons. The second-order valence-corrected chi connectivity index (χ2v) is 7.22. The Morgan fingerprint density at radius 2 is 1.80 bits per heavy atom. The molecule has 0 bridgehead atoms. The number of aromatic nitrogens is 1. The summed E-state index contributed by atoms with van der Waals surface area (Å²) in [4.78, 5) is 16.7. The quantitative estimate of drug-likeness (QED) is 0.664. The standard InChI is InChI=1S/C19H21Cl2N3O/c20-14-7-8-17(21)18(10-14)24-19(25)13-9-16(12-22-11-13)23-15-5-3-1-2-4-6-15/h7-12,15,23H,1-6H2,(H,24,25). The lowest BCUT2D eigenvalue weighted by Gasteiger charge is -2.17. The first kappa shape index (κ1) is 18.0. The number of carbonyl (C=O) groups is 1. The Bertz CT molecular complexity index is 743. The van der Waals surface area contributed by atoms with Gasteiger partial charge in [0.05, 0.1) is 22.0 Å².